The smallest absolute Gasteiger partial charge is 0.257 e. The number of methoxy groups -OCH3 is 1. The normalized spacial score (nSPS) is 20.9. The van der Waals surface area contributed by atoms with Gasteiger partial charge in [0, 0.05) is 52.4 Å². The van der Waals surface area contributed by atoms with Crippen LogP contribution in [0.25, 0.3) is 0 Å². The first-order valence-electron chi connectivity index (χ1n) is 11.9. The fourth-order valence-corrected chi connectivity index (χ4v) is 4.51. The van der Waals surface area contributed by atoms with E-state index in [1.807, 2.05) is 41.3 Å². The number of aliphatic hydroxyl groups excluding tert-OH is 1. The van der Waals surface area contributed by atoms with Crippen LogP contribution in [-0.2, 0) is 16.1 Å². The quantitative estimate of drug-likeness (QED) is 0.553. The van der Waals surface area contributed by atoms with Gasteiger partial charge in [0.05, 0.1) is 44.4 Å². The molecular formula is C25H35N3O6. The zero-order valence-corrected chi connectivity index (χ0v) is 19.8. The average Bonchev–Trinajstić information content (AvgIpc) is 3.38. The van der Waals surface area contributed by atoms with Crippen LogP contribution in [0.5, 0.6) is 5.75 Å². The van der Waals surface area contributed by atoms with Gasteiger partial charge in [0.25, 0.3) is 5.91 Å². The van der Waals surface area contributed by atoms with Crippen LogP contribution in [-0.4, -0.2) is 111 Å². The Kier molecular flexibility index (Phi) is 8.95. The van der Waals surface area contributed by atoms with Crippen LogP contribution >= 0.6 is 0 Å². The molecule has 1 N–H and O–H groups in total. The number of hydrogen-bond donors (Lipinski definition) is 1. The maximum absolute atomic E-state index is 12.9. The summed E-state index contributed by atoms with van der Waals surface area (Å²) < 4.78 is 22.1. The van der Waals surface area contributed by atoms with E-state index in [1.165, 1.54) is 0 Å². The number of nitrogens with zero attached hydrogens (tertiary/aromatic N) is 3. The van der Waals surface area contributed by atoms with E-state index in [0.717, 1.165) is 38.5 Å². The number of furan rings is 1. The first-order chi connectivity index (χ1) is 16.6. The monoisotopic (exact) mass is 473 g/mol. The molecule has 2 saturated heterocycles. The average molecular weight is 474 g/mol. The molecule has 2 aromatic rings. The van der Waals surface area contributed by atoms with Crippen LogP contribution in [0.4, 0.5) is 0 Å². The van der Waals surface area contributed by atoms with Crippen molar-refractivity contribution in [2.75, 3.05) is 72.7 Å². The van der Waals surface area contributed by atoms with Gasteiger partial charge in [-0.25, -0.2) is 0 Å². The molecule has 2 aliphatic heterocycles. The minimum Gasteiger partial charge on any atom is -0.496 e. The zero-order chi connectivity index (χ0) is 23.8. The van der Waals surface area contributed by atoms with Gasteiger partial charge < -0.3 is 28.6 Å². The fraction of sp³-hybridized carbons (Fsp3) is 0.560. The predicted molar refractivity (Wildman–Crippen MR) is 126 cm³/mol. The van der Waals surface area contributed by atoms with E-state index in [4.69, 9.17) is 18.6 Å². The van der Waals surface area contributed by atoms with Crippen molar-refractivity contribution in [1.82, 2.24) is 14.7 Å². The second-order valence-electron chi connectivity index (χ2n) is 8.79. The highest BCUT2D eigenvalue weighted by atomic mass is 16.5. The van der Waals surface area contributed by atoms with Gasteiger partial charge >= 0.3 is 0 Å². The minimum absolute atomic E-state index is 0.0143. The third kappa shape index (κ3) is 6.80. The first kappa shape index (κ1) is 24.7. The second-order valence-corrected chi connectivity index (χ2v) is 8.79. The van der Waals surface area contributed by atoms with Crippen molar-refractivity contribution in [3.8, 4) is 5.75 Å². The molecule has 0 aliphatic carbocycles. The Labute approximate surface area is 200 Å². The first-order valence-corrected chi connectivity index (χ1v) is 11.9. The van der Waals surface area contributed by atoms with E-state index in [2.05, 4.69) is 9.80 Å². The molecule has 0 radical (unpaired) electrons. The fourth-order valence-electron chi connectivity index (χ4n) is 4.51. The summed E-state index contributed by atoms with van der Waals surface area (Å²) in [4.78, 5) is 19.4. The molecule has 1 aromatic heterocycles. The summed E-state index contributed by atoms with van der Waals surface area (Å²) in [5, 5.41) is 10.4. The van der Waals surface area contributed by atoms with Gasteiger partial charge in [-0.3, -0.25) is 14.6 Å². The van der Waals surface area contributed by atoms with Crippen molar-refractivity contribution in [3.63, 3.8) is 0 Å². The highest BCUT2D eigenvalue weighted by Crippen LogP contribution is 2.20. The molecule has 0 bridgehead atoms. The van der Waals surface area contributed by atoms with E-state index in [9.17, 15) is 9.90 Å². The lowest BCUT2D eigenvalue weighted by Gasteiger charge is -2.39. The van der Waals surface area contributed by atoms with Gasteiger partial charge in [-0.05, 0) is 24.3 Å². The minimum atomic E-state index is -0.557. The van der Waals surface area contributed by atoms with Gasteiger partial charge in [0.2, 0.25) is 0 Å². The number of ether oxygens (including phenoxy) is 3. The zero-order valence-electron chi connectivity index (χ0n) is 19.8. The molecule has 2 fully saturated rings. The second kappa shape index (κ2) is 12.3. The van der Waals surface area contributed by atoms with Crippen LogP contribution in [0.3, 0.4) is 0 Å². The lowest BCUT2D eigenvalue weighted by Crippen LogP contribution is -2.54. The van der Waals surface area contributed by atoms with Crippen LogP contribution in [0, 0.1) is 0 Å². The number of amides is 1. The lowest BCUT2D eigenvalue weighted by atomic mass is 10.1. The van der Waals surface area contributed by atoms with Gasteiger partial charge in [0.15, 0.2) is 0 Å². The molecule has 2 atom stereocenters. The number of piperazine rings is 1. The molecule has 0 saturated carbocycles. The third-order valence-electron chi connectivity index (χ3n) is 6.29. The lowest BCUT2D eigenvalue weighted by molar-refractivity contribution is -0.0649. The van der Waals surface area contributed by atoms with Gasteiger partial charge in [-0.1, -0.05) is 12.1 Å². The summed E-state index contributed by atoms with van der Waals surface area (Å²) in [7, 11) is 1.59. The van der Waals surface area contributed by atoms with Crippen LogP contribution in [0.15, 0.2) is 47.1 Å². The van der Waals surface area contributed by atoms with Gasteiger partial charge in [-0.2, -0.15) is 0 Å². The Hall–Kier alpha value is -2.43. The summed E-state index contributed by atoms with van der Waals surface area (Å²) in [5.74, 6) is 1.38. The Balaban J connectivity index is 1.17. The molecule has 9 nitrogen and oxygen atoms in total. The summed E-state index contributed by atoms with van der Waals surface area (Å²) in [5.41, 5.74) is 0.608. The molecule has 2 unspecified atom stereocenters. The molecule has 1 amide bonds. The SMILES string of the molecule is COc1ccccc1C(=O)N1CCN(CC2CN(CC(O)COCc3ccco3)CCO2)CC1. The van der Waals surface area contributed by atoms with E-state index >= 15 is 0 Å². The van der Waals surface area contributed by atoms with Crippen molar-refractivity contribution in [2.45, 2.75) is 18.8 Å². The third-order valence-corrected chi connectivity index (χ3v) is 6.29. The summed E-state index contributed by atoms with van der Waals surface area (Å²) in [6.07, 6.45) is 1.14. The maximum atomic E-state index is 12.9. The number of benzene rings is 1. The van der Waals surface area contributed by atoms with Crippen LogP contribution < -0.4 is 4.74 Å². The van der Waals surface area contributed by atoms with E-state index in [-0.39, 0.29) is 18.6 Å². The largest absolute Gasteiger partial charge is 0.496 e. The Morgan fingerprint density at radius 2 is 1.94 bits per heavy atom. The number of rotatable bonds is 10. The number of aliphatic hydroxyl groups is 1. The van der Waals surface area contributed by atoms with Crippen molar-refractivity contribution in [3.05, 3.63) is 54.0 Å². The Morgan fingerprint density at radius 3 is 2.71 bits per heavy atom. The highest BCUT2D eigenvalue weighted by Gasteiger charge is 2.28. The number of carbonyl (C=O) groups is 1. The summed E-state index contributed by atoms with van der Waals surface area (Å²) >= 11 is 0. The molecular weight excluding hydrogens is 438 g/mol. The number of para-hydroxylation sites is 1. The van der Waals surface area contributed by atoms with Crippen molar-refractivity contribution >= 4 is 5.91 Å². The maximum Gasteiger partial charge on any atom is 0.257 e. The molecule has 9 heteroatoms. The van der Waals surface area contributed by atoms with Gasteiger partial charge in [-0.15, -0.1) is 0 Å². The molecule has 0 spiro atoms. The number of morpholine rings is 1. The number of hydrogen-bond acceptors (Lipinski definition) is 8. The van der Waals surface area contributed by atoms with E-state index < -0.39 is 6.10 Å². The topological polar surface area (TPSA) is 87.9 Å². The molecule has 4 rings (SSSR count). The molecule has 3 heterocycles. The predicted octanol–water partition coefficient (Wildman–Crippen LogP) is 1.32. The van der Waals surface area contributed by atoms with Crippen LogP contribution in [0.1, 0.15) is 16.1 Å². The Bertz CT molecular complexity index is 885. The van der Waals surface area contributed by atoms with Crippen molar-refractivity contribution < 1.29 is 28.5 Å². The summed E-state index contributed by atoms with van der Waals surface area (Å²) in [6.45, 7) is 7.20. The van der Waals surface area contributed by atoms with E-state index in [0.29, 0.717) is 44.2 Å². The molecule has 34 heavy (non-hydrogen) atoms. The van der Waals surface area contributed by atoms with Gasteiger partial charge in [0.1, 0.15) is 18.1 Å². The van der Waals surface area contributed by atoms with Crippen LogP contribution in [0.2, 0.25) is 0 Å². The van der Waals surface area contributed by atoms with Crippen molar-refractivity contribution in [1.29, 1.82) is 0 Å². The standard InChI is InChI=1S/C25H35N3O6/c1-31-24-7-3-2-6-23(24)25(30)28-10-8-26(9-11-28)16-22-17-27(12-14-34-22)15-20(29)18-32-19-21-5-4-13-33-21/h2-7,13,20,22,29H,8-12,14-19H2,1H3. The summed E-state index contributed by atoms with van der Waals surface area (Å²) in [6, 6.07) is 11.0. The van der Waals surface area contributed by atoms with E-state index in [1.54, 1.807) is 13.4 Å². The highest BCUT2D eigenvalue weighted by molar-refractivity contribution is 5.97. The molecule has 186 valence electrons. The molecule has 2 aliphatic rings. The van der Waals surface area contributed by atoms with Crippen molar-refractivity contribution in [2.24, 2.45) is 0 Å². The number of β-amino-alcohol motifs (C(OH)–C–C–N with tert-alkyl or cyclic N) is 1. The number of carbonyl (C=O) groups excluding carboxylic acids is 1. The Morgan fingerprint density at radius 1 is 1.12 bits per heavy atom. The molecule has 1 aromatic carbocycles.